The minimum absolute atomic E-state index is 0.275. The van der Waals surface area contributed by atoms with E-state index in [4.69, 9.17) is 5.73 Å². The second-order valence-corrected chi connectivity index (χ2v) is 6.62. The van der Waals surface area contributed by atoms with Gasteiger partial charge in [0.1, 0.15) is 5.82 Å². The Labute approximate surface area is 162 Å². The van der Waals surface area contributed by atoms with E-state index in [0.717, 1.165) is 11.1 Å². The molecule has 7 nitrogen and oxygen atoms in total. The zero-order valence-electron chi connectivity index (χ0n) is 14.1. The van der Waals surface area contributed by atoms with Gasteiger partial charge in [-0.3, -0.25) is 9.55 Å². The van der Waals surface area contributed by atoms with Crippen molar-refractivity contribution in [1.29, 1.82) is 0 Å². The molecule has 3 heterocycles. The molecule has 0 spiro atoms. The average molecular weight is 428 g/mol. The van der Waals surface area contributed by atoms with Gasteiger partial charge in [0.25, 0.3) is 0 Å². The van der Waals surface area contributed by atoms with Crippen molar-refractivity contribution in [2.24, 2.45) is 0 Å². The number of pyridine rings is 1. The summed E-state index contributed by atoms with van der Waals surface area (Å²) in [7, 11) is 0. The van der Waals surface area contributed by atoms with E-state index in [2.05, 4.69) is 41.2 Å². The van der Waals surface area contributed by atoms with E-state index in [9.17, 15) is 4.39 Å². The highest BCUT2D eigenvalue weighted by molar-refractivity contribution is 9.10. The lowest BCUT2D eigenvalue weighted by Gasteiger charge is -2.08. The number of nitrogens with one attached hydrogen (secondary N) is 1. The Morgan fingerprint density at radius 3 is 2.48 bits per heavy atom. The first-order valence-corrected chi connectivity index (χ1v) is 8.96. The Balaban J connectivity index is 1.66. The number of nitrogens with zero attached hydrogens (tertiary/aromatic N) is 5. The third-order valence-electron chi connectivity index (χ3n) is 4.03. The molecular weight excluding hydrogens is 413 g/mol. The molecule has 0 atom stereocenters. The van der Waals surface area contributed by atoms with Crippen LogP contribution in [0.1, 0.15) is 11.1 Å². The lowest BCUT2D eigenvalue weighted by Crippen LogP contribution is -2.08. The summed E-state index contributed by atoms with van der Waals surface area (Å²) in [5.41, 5.74) is 9.15. The van der Waals surface area contributed by atoms with Gasteiger partial charge in [-0.05, 0) is 51.3 Å². The van der Waals surface area contributed by atoms with Crippen LogP contribution in [-0.4, -0.2) is 24.5 Å². The second kappa shape index (κ2) is 7.28. The van der Waals surface area contributed by atoms with Crippen LogP contribution in [-0.2, 0) is 13.1 Å². The maximum absolute atomic E-state index is 13.2. The second-order valence-electron chi connectivity index (χ2n) is 5.91. The number of benzene rings is 1. The van der Waals surface area contributed by atoms with E-state index in [1.807, 2.05) is 16.7 Å². The van der Waals surface area contributed by atoms with Gasteiger partial charge in [-0.2, -0.15) is 9.97 Å². The highest BCUT2D eigenvalue weighted by Gasteiger charge is 2.15. The molecule has 9 heteroatoms. The van der Waals surface area contributed by atoms with Gasteiger partial charge >= 0.3 is 0 Å². The van der Waals surface area contributed by atoms with Crippen molar-refractivity contribution in [1.82, 2.24) is 24.5 Å². The molecule has 0 bridgehead atoms. The number of hydrogen-bond acceptors (Lipinski definition) is 6. The summed E-state index contributed by atoms with van der Waals surface area (Å²) in [6.07, 6.45) is 3.45. The molecule has 3 N–H and O–H groups in total. The number of fused-ring (bicyclic) bond motifs is 1. The number of nitrogen functional groups attached to an aromatic ring is 1. The lowest BCUT2D eigenvalue weighted by atomic mass is 10.2. The van der Waals surface area contributed by atoms with E-state index < -0.39 is 0 Å². The first-order valence-electron chi connectivity index (χ1n) is 8.16. The maximum atomic E-state index is 13.2. The smallest absolute Gasteiger partial charge is 0.227 e. The van der Waals surface area contributed by atoms with Crippen LogP contribution in [0.2, 0.25) is 0 Å². The van der Waals surface area contributed by atoms with E-state index >= 15 is 0 Å². The Bertz CT molecular complexity index is 1080. The monoisotopic (exact) mass is 427 g/mol. The quantitative estimate of drug-likeness (QED) is 0.474. The fraction of sp³-hybridized carbons (Fsp3) is 0.111. The molecule has 0 saturated carbocycles. The highest BCUT2D eigenvalue weighted by Crippen LogP contribution is 2.25. The summed E-state index contributed by atoms with van der Waals surface area (Å²) in [4.78, 5) is 17.2. The summed E-state index contributed by atoms with van der Waals surface area (Å²) in [5, 5.41) is 3.17. The summed E-state index contributed by atoms with van der Waals surface area (Å²) < 4.78 is 15.6. The van der Waals surface area contributed by atoms with Crippen molar-refractivity contribution < 1.29 is 4.39 Å². The molecule has 0 saturated heterocycles. The summed E-state index contributed by atoms with van der Waals surface area (Å²) in [6.45, 7) is 1.01. The molecule has 136 valence electrons. The van der Waals surface area contributed by atoms with Gasteiger partial charge in [-0.1, -0.05) is 12.1 Å². The van der Waals surface area contributed by atoms with Gasteiger partial charge in [0.2, 0.25) is 5.95 Å². The molecule has 0 aliphatic heterocycles. The fourth-order valence-electron chi connectivity index (χ4n) is 2.67. The normalized spacial score (nSPS) is 11.0. The van der Waals surface area contributed by atoms with Crippen LogP contribution in [0, 0.1) is 5.82 Å². The third-order valence-corrected chi connectivity index (χ3v) is 4.63. The Kier molecular flexibility index (Phi) is 4.68. The number of imidazole rings is 1. The van der Waals surface area contributed by atoms with Crippen molar-refractivity contribution in [2.45, 2.75) is 13.1 Å². The number of aromatic nitrogens is 5. The minimum atomic E-state index is -0.275. The van der Waals surface area contributed by atoms with Crippen molar-refractivity contribution in [3.63, 3.8) is 0 Å². The highest BCUT2D eigenvalue weighted by atomic mass is 79.9. The van der Waals surface area contributed by atoms with Crippen LogP contribution >= 0.6 is 15.9 Å². The number of hydrogen-bond donors (Lipinski definition) is 2. The van der Waals surface area contributed by atoms with E-state index in [1.54, 1.807) is 24.5 Å². The maximum Gasteiger partial charge on any atom is 0.227 e. The molecule has 0 radical (unpaired) electrons. The molecule has 0 unspecified atom stereocenters. The predicted molar refractivity (Wildman–Crippen MR) is 105 cm³/mol. The fourth-order valence-corrected chi connectivity index (χ4v) is 3.14. The van der Waals surface area contributed by atoms with Crippen molar-refractivity contribution >= 4 is 38.9 Å². The average Bonchev–Trinajstić information content (AvgIpc) is 2.99. The molecule has 0 fully saturated rings. The Hall–Kier alpha value is -3.07. The Morgan fingerprint density at radius 2 is 1.74 bits per heavy atom. The van der Waals surface area contributed by atoms with Gasteiger partial charge in [0.15, 0.2) is 21.7 Å². The summed E-state index contributed by atoms with van der Waals surface area (Å²) in [6, 6.07) is 10.1. The molecule has 4 rings (SSSR count). The van der Waals surface area contributed by atoms with Crippen molar-refractivity contribution in [3.05, 3.63) is 70.5 Å². The van der Waals surface area contributed by atoms with Gasteiger partial charge in [0.05, 0.1) is 6.54 Å². The van der Waals surface area contributed by atoms with Crippen LogP contribution in [0.5, 0.6) is 0 Å². The summed E-state index contributed by atoms with van der Waals surface area (Å²) >= 11 is 3.44. The molecule has 27 heavy (non-hydrogen) atoms. The number of rotatable bonds is 5. The number of nitrogens with two attached hydrogens (primary N) is 1. The van der Waals surface area contributed by atoms with Crippen molar-refractivity contribution in [2.75, 3.05) is 11.1 Å². The zero-order chi connectivity index (χ0) is 18.8. The first kappa shape index (κ1) is 17.3. The van der Waals surface area contributed by atoms with E-state index in [1.165, 1.54) is 12.1 Å². The molecule has 0 aliphatic rings. The van der Waals surface area contributed by atoms with E-state index in [-0.39, 0.29) is 11.6 Å². The van der Waals surface area contributed by atoms with Crippen LogP contribution in [0.4, 0.5) is 16.2 Å². The van der Waals surface area contributed by atoms with Crippen LogP contribution in [0.3, 0.4) is 0 Å². The third kappa shape index (κ3) is 3.72. The first-order chi connectivity index (χ1) is 13.1. The van der Waals surface area contributed by atoms with Crippen molar-refractivity contribution in [3.8, 4) is 0 Å². The molecule has 1 aromatic carbocycles. The number of anilines is 2. The van der Waals surface area contributed by atoms with Crippen LogP contribution in [0.15, 0.2) is 53.5 Å². The molecular formula is C18H15BrFN7. The van der Waals surface area contributed by atoms with Gasteiger partial charge in [-0.25, -0.2) is 9.37 Å². The minimum Gasteiger partial charge on any atom is -0.382 e. The molecule has 4 aromatic rings. The largest absolute Gasteiger partial charge is 0.382 e. The Morgan fingerprint density at radius 1 is 1.00 bits per heavy atom. The van der Waals surface area contributed by atoms with E-state index in [0.29, 0.717) is 34.9 Å². The molecule has 0 aliphatic carbocycles. The molecule has 3 aromatic heterocycles. The standard InChI is InChI=1S/C18H15BrFN7/c19-17-24-14-15(21)25-18(23-9-11-5-7-22-8-6-11)26-16(14)27(17)10-12-1-3-13(20)4-2-12/h1-8H,9-10H2,(H3,21,23,25,26). The SMILES string of the molecule is Nc1nc(NCc2ccncc2)nc2c1nc(Br)n2Cc1ccc(F)cc1. The van der Waals surface area contributed by atoms with Crippen LogP contribution in [0.25, 0.3) is 11.2 Å². The zero-order valence-corrected chi connectivity index (χ0v) is 15.7. The van der Waals surface area contributed by atoms with Crippen LogP contribution < -0.4 is 11.1 Å². The molecule has 0 amide bonds. The number of halogens is 2. The van der Waals surface area contributed by atoms with Gasteiger partial charge in [-0.15, -0.1) is 0 Å². The topological polar surface area (TPSA) is 94.5 Å². The summed E-state index contributed by atoms with van der Waals surface area (Å²) in [5.74, 6) is 0.419. The lowest BCUT2D eigenvalue weighted by molar-refractivity contribution is 0.626. The van der Waals surface area contributed by atoms with Gasteiger partial charge < -0.3 is 11.1 Å². The van der Waals surface area contributed by atoms with Gasteiger partial charge in [0, 0.05) is 18.9 Å². The predicted octanol–water partition coefficient (Wildman–Crippen LogP) is 3.37.